The van der Waals surface area contributed by atoms with Crippen LogP contribution in [0.15, 0.2) is 35.1 Å². The molecule has 0 radical (unpaired) electrons. The van der Waals surface area contributed by atoms with Crippen molar-refractivity contribution in [2.24, 2.45) is 0 Å². The summed E-state index contributed by atoms with van der Waals surface area (Å²) in [7, 11) is 0. The highest BCUT2D eigenvalue weighted by Crippen LogP contribution is 2.22. The number of carbonyl (C=O) groups is 1. The van der Waals surface area contributed by atoms with Crippen molar-refractivity contribution in [1.29, 1.82) is 0 Å². The highest BCUT2D eigenvalue weighted by molar-refractivity contribution is 9.10. The summed E-state index contributed by atoms with van der Waals surface area (Å²) in [6, 6.07) is 5.08. The molecule has 0 unspecified atom stereocenters. The highest BCUT2D eigenvalue weighted by atomic mass is 79.9. The second-order valence-corrected chi connectivity index (χ2v) is 4.45. The standard InChI is InChI=1S/C12H11BrN2O2/c1-2-11-14-5-6-15(11)10-7-8(13)3-4-9(10)12(16)17/h3-7H,2H2,1H3,(H,16,17). The minimum Gasteiger partial charge on any atom is -0.478 e. The summed E-state index contributed by atoms with van der Waals surface area (Å²) in [5.74, 6) is -0.103. The first kappa shape index (κ1) is 11.9. The number of rotatable bonds is 3. The summed E-state index contributed by atoms with van der Waals surface area (Å²) < 4.78 is 2.64. The zero-order chi connectivity index (χ0) is 12.4. The van der Waals surface area contributed by atoms with Crippen molar-refractivity contribution in [2.45, 2.75) is 13.3 Å². The summed E-state index contributed by atoms with van der Waals surface area (Å²) >= 11 is 3.35. The van der Waals surface area contributed by atoms with Gasteiger partial charge in [0, 0.05) is 23.3 Å². The highest BCUT2D eigenvalue weighted by Gasteiger charge is 2.13. The van der Waals surface area contributed by atoms with E-state index in [9.17, 15) is 4.79 Å². The normalized spacial score (nSPS) is 10.5. The Hall–Kier alpha value is -1.62. The fourth-order valence-electron chi connectivity index (χ4n) is 1.70. The molecule has 0 aliphatic rings. The van der Waals surface area contributed by atoms with Crippen molar-refractivity contribution in [3.8, 4) is 5.69 Å². The van der Waals surface area contributed by atoms with Crippen LogP contribution in [0.25, 0.3) is 5.69 Å². The lowest BCUT2D eigenvalue weighted by Crippen LogP contribution is -2.07. The van der Waals surface area contributed by atoms with Crippen LogP contribution < -0.4 is 0 Å². The lowest BCUT2D eigenvalue weighted by atomic mass is 10.1. The number of carboxylic acid groups (broad SMARTS) is 1. The van der Waals surface area contributed by atoms with Gasteiger partial charge in [-0.2, -0.15) is 0 Å². The van der Waals surface area contributed by atoms with Crippen molar-refractivity contribution in [3.05, 3.63) is 46.5 Å². The predicted octanol–water partition coefficient (Wildman–Crippen LogP) is 2.90. The van der Waals surface area contributed by atoms with Crippen LogP contribution >= 0.6 is 15.9 Å². The van der Waals surface area contributed by atoms with Gasteiger partial charge in [-0.05, 0) is 18.2 Å². The van der Waals surface area contributed by atoms with Gasteiger partial charge >= 0.3 is 5.97 Å². The number of hydrogen-bond donors (Lipinski definition) is 1. The molecule has 2 rings (SSSR count). The molecular weight excluding hydrogens is 284 g/mol. The molecule has 0 aliphatic heterocycles. The Bertz CT molecular complexity index is 563. The van der Waals surface area contributed by atoms with Crippen LogP contribution in [0.4, 0.5) is 0 Å². The zero-order valence-corrected chi connectivity index (χ0v) is 10.8. The molecule has 88 valence electrons. The summed E-state index contributed by atoms with van der Waals surface area (Å²) in [6.45, 7) is 1.98. The summed E-state index contributed by atoms with van der Waals surface area (Å²) in [6.07, 6.45) is 4.19. The van der Waals surface area contributed by atoms with Gasteiger partial charge in [0.05, 0.1) is 11.3 Å². The van der Waals surface area contributed by atoms with Crippen molar-refractivity contribution in [3.63, 3.8) is 0 Å². The first-order chi connectivity index (χ1) is 8.13. The lowest BCUT2D eigenvalue weighted by Gasteiger charge is -2.10. The van der Waals surface area contributed by atoms with Gasteiger partial charge in [-0.1, -0.05) is 22.9 Å². The third-order valence-electron chi connectivity index (χ3n) is 2.48. The van der Waals surface area contributed by atoms with E-state index in [-0.39, 0.29) is 5.56 Å². The molecule has 0 aliphatic carbocycles. The maximum absolute atomic E-state index is 11.2. The Labute approximate surface area is 107 Å². The van der Waals surface area contributed by atoms with Gasteiger partial charge in [-0.15, -0.1) is 0 Å². The number of imidazole rings is 1. The summed E-state index contributed by atoms with van der Waals surface area (Å²) in [4.78, 5) is 15.4. The quantitative estimate of drug-likeness (QED) is 0.947. The molecule has 1 aromatic heterocycles. The zero-order valence-electron chi connectivity index (χ0n) is 9.22. The Morgan fingerprint density at radius 3 is 2.94 bits per heavy atom. The number of aromatic carboxylic acids is 1. The van der Waals surface area contributed by atoms with Crippen LogP contribution in [0.2, 0.25) is 0 Å². The maximum atomic E-state index is 11.2. The van der Waals surface area contributed by atoms with E-state index in [2.05, 4.69) is 20.9 Å². The van der Waals surface area contributed by atoms with Gasteiger partial charge in [-0.3, -0.25) is 0 Å². The number of benzene rings is 1. The van der Waals surface area contributed by atoms with E-state index in [4.69, 9.17) is 5.11 Å². The first-order valence-corrected chi connectivity index (χ1v) is 5.98. The molecule has 2 aromatic rings. The van der Waals surface area contributed by atoms with Crippen molar-refractivity contribution in [2.75, 3.05) is 0 Å². The largest absolute Gasteiger partial charge is 0.478 e. The Morgan fingerprint density at radius 1 is 1.53 bits per heavy atom. The minimum absolute atomic E-state index is 0.265. The molecule has 1 N–H and O–H groups in total. The van der Waals surface area contributed by atoms with E-state index in [0.29, 0.717) is 5.69 Å². The number of nitrogens with zero attached hydrogens (tertiary/aromatic N) is 2. The summed E-state index contributed by atoms with van der Waals surface area (Å²) in [5, 5.41) is 9.17. The molecule has 1 heterocycles. The van der Waals surface area contributed by atoms with Crippen molar-refractivity contribution in [1.82, 2.24) is 9.55 Å². The lowest BCUT2D eigenvalue weighted by molar-refractivity contribution is 0.0697. The van der Waals surface area contributed by atoms with Gasteiger partial charge in [-0.25, -0.2) is 9.78 Å². The van der Waals surface area contributed by atoms with E-state index in [1.807, 2.05) is 6.92 Å². The number of halogens is 1. The maximum Gasteiger partial charge on any atom is 0.337 e. The van der Waals surface area contributed by atoms with E-state index in [0.717, 1.165) is 16.7 Å². The smallest absolute Gasteiger partial charge is 0.337 e. The Morgan fingerprint density at radius 2 is 2.29 bits per heavy atom. The monoisotopic (exact) mass is 294 g/mol. The van der Waals surface area contributed by atoms with Gasteiger partial charge in [0.15, 0.2) is 0 Å². The van der Waals surface area contributed by atoms with Gasteiger partial charge in [0.25, 0.3) is 0 Å². The fourth-order valence-corrected chi connectivity index (χ4v) is 2.05. The van der Waals surface area contributed by atoms with Crippen LogP contribution in [0, 0.1) is 0 Å². The third-order valence-corrected chi connectivity index (χ3v) is 2.98. The van der Waals surface area contributed by atoms with Gasteiger partial charge < -0.3 is 9.67 Å². The molecule has 0 atom stereocenters. The van der Waals surface area contributed by atoms with Crippen LogP contribution in [0.1, 0.15) is 23.1 Å². The average Bonchev–Trinajstić information content (AvgIpc) is 2.76. The molecule has 4 nitrogen and oxygen atoms in total. The van der Waals surface area contributed by atoms with Crippen molar-refractivity contribution >= 4 is 21.9 Å². The molecule has 1 aromatic carbocycles. The molecule has 0 saturated heterocycles. The second kappa shape index (κ2) is 4.71. The molecule has 0 bridgehead atoms. The third kappa shape index (κ3) is 2.24. The molecule has 0 saturated carbocycles. The van der Waals surface area contributed by atoms with Crippen LogP contribution in [0.3, 0.4) is 0 Å². The van der Waals surface area contributed by atoms with Crippen LogP contribution in [-0.2, 0) is 6.42 Å². The van der Waals surface area contributed by atoms with E-state index in [1.54, 1.807) is 35.2 Å². The molecule has 0 spiro atoms. The molecular formula is C12H11BrN2O2. The van der Waals surface area contributed by atoms with E-state index in [1.165, 1.54) is 0 Å². The predicted molar refractivity (Wildman–Crippen MR) is 67.6 cm³/mol. The Balaban J connectivity index is 2.65. The minimum atomic E-state index is -0.941. The SMILES string of the molecule is CCc1nccn1-c1cc(Br)ccc1C(=O)O. The van der Waals surface area contributed by atoms with Crippen LogP contribution in [-0.4, -0.2) is 20.6 Å². The first-order valence-electron chi connectivity index (χ1n) is 5.19. The number of carboxylic acids is 1. The fraction of sp³-hybridized carbons (Fsp3) is 0.167. The van der Waals surface area contributed by atoms with Crippen molar-refractivity contribution < 1.29 is 9.90 Å². The van der Waals surface area contributed by atoms with Gasteiger partial charge in [0.1, 0.15) is 5.82 Å². The summed E-state index contributed by atoms with van der Waals surface area (Å²) in [5.41, 5.74) is 0.891. The Kier molecular flexibility index (Phi) is 3.28. The topological polar surface area (TPSA) is 55.1 Å². The van der Waals surface area contributed by atoms with E-state index >= 15 is 0 Å². The van der Waals surface area contributed by atoms with E-state index < -0.39 is 5.97 Å². The number of aryl methyl sites for hydroxylation is 1. The van der Waals surface area contributed by atoms with Gasteiger partial charge in [0.2, 0.25) is 0 Å². The number of hydrogen-bond acceptors (Lipinski definition) is 2. The molecule has 17 heavy (non-hydrogen) atoms. The average molecular weight is 295 g/mol. The molecule has 0 fully saturated rings. The second-order valence-electron chi connectivity index (χ2n) is 3.53. The van der Waals surface area contributed by atoms with Crippen LogP contribution in [0.5, 0.6) is 0 Å². The number of aromatic nitrogens is 2. The molecule has 0 amide bonds. The molecule has 5 heteroatoms.